The van der Waals surface area contributed by atoms with Crippen molar-refractivity contribution < 1.29 is 4.79 Å². The van der Waals surface area contributed by atoms with Crippen molar-refractivity contribution in [3.63, 3.8) is 0 Å². The van der Waals surface area contributed by atoms with E-state index in [1.807, 2.05) is 31.2 Å². The molecule has 0 saturated heterocycles. The maximum absolute atomic E-state index is 12.1. The molecule has 0 radical (unpaired) electrons. The highest BCUT2D eigenvalue weighted by Gasteiger charge is 2.12. The van der Waals surface area contributed by atoms with Gasteiger partial charge >= 0.3 is 0 Å². The van der Waals surface area contributed by atoms with E-state index in [1.54, 1.807) is 29.4 Å². The van der Waals surface area contributed by atoms with Crippen LogP contribution in [0.5, 0.6) is 0 Å². The molecule has 1 unspecified atom stereocenters. The Labute approximate surface area is 149 Å². The lowest BCUT2D eigenvalue weighted by atomic mass is 10.2. The van der Waals surface area contributed by atoms with Gasteiger partial charge in [-0.1, -0.05) is 28.1 Å². The molecule has 1 aromatic heterocycles. The average Bonchev–Trinajstić information content (AvgIpc) is 3.01. The third kappa shape index (κ3) is 4.78. The third-order valence-electron chi connectivity index (χ3n) is 3.54. The standard InChI is InChI=1S/C18H17BrN2OS/c1-13(11-12-20)21(2)18(22)10-8-16-7-9-17(23-16)14-3-5-15(19)6-4-14/h3-10,13H,11H2,1-2H3/b10-8+. The highest BCUT2D eigenvalue weighted by atomic mass is 79.9. The summed E-state index contributed by atoms with van der Waals surface area (Å²) in [4.78, 5) is 15.9. The number of rotatable bonds is 5. The Morgan fingerprint density at radius 3 is 2.70 bits per heavy atom. The van der Waals surface area contributed by atoms with Gasteiger partial charge in [-0.2, -0.15) is 5.26 Å². The van der Waals surface area contributed by atoms with Crippen LogP contribution in [-0.4, -0.2) is 23.9 Å². The Bertz CT molecular complexity index is 743. The number of hydrogen-bond donors (Lipinski definition) is 0. The summed E-state index contributed by atoms with van der Waals surface area (Å²) in [5.41, 5.74) is 1.16. The maximum atomic E-state index is 12.1. The minimum atomic E-state index is -0.0914. The second kappa shape index (κ2) is 8.09. The Balaban J connectivity index is 2.05. The van der Waals surface area contributed by atoms with E-state index in [2.05, 4.69) is 40.2 Å². The van der Waals surface area contributed by atoms with Gasteiger partial charge in [0.1, 0.15) is 0 Å². The highest BCUT2D eigenvalue weighted by Crippen LogP contribution is 2.29. The predicted octanol–water partition coefficient (Wildman–Crippen LogP) is 4.95. The molecule has 23 heavy (non-hydrogen) atoms. The first-order valence-corrected chi connectivity index (χ1v) is 8.80. The average molecular weight is 389 g/mol. The number of thiophene rings is 1. The molecule has 1 atom stereocenters. The van der Waals surface area contributed by atoms with Gasteiger partial charge in [0.15, 0.2) is 0 Å². The van der Waals surface area contributed by atoms with Gasteiger partial charge in [0.05, 0.1) is 12.5 Å². The molecule has 0 saturated carbocycles. The molecule has 0 aliphatic carbocycles. The summed E-state index contributed by atoms with van der Waals surface area (Å²) in [7, 11) is 1.72. The molecule has 0 aliphatic heterocycles. The maximum Gasteiger partial charge on any atom is 0.246 e. The molecule has 118 valence electrons. The molecular formula is C18H17BrN2OS. The first kappa shape index (κ1) is 17.5. The van der Waals surface area contributed by atoms with Crippen LogP contribution in [0.15, 0.2) is 46.9 Å². The fourth-order valence-electron chi connectivity index (χ4n) is 1.97. The number of nitriles is 1. The van der Waals surface area contributed by atoms with Crippen molar-refractivity contribution in [3.8, 4) is 16.5 Å². The number of nitrogens with zero attached hydrogens (tertiary/aromatic N) is 2. The van der Waals surface area contributed by atoms with Crippen molar-refractivity contribution in [2.24, 2.45) is 0 Å². The number of benzene rings is 1. The van der Waals surface area contributed by atoms with E-state index >= 15 is 0 Å². The number of halogens is 1. The van der Waals surface area contributed by atoms with Crippen LogP contribution in [0.2, 0.25) is 0 Å². The number of hydrogen-bond acceptors (Lipinski definition) is 3. The van der Waals surface area contributed by atoms with Gasteiger partial charge in [-0.3, -0.25) is 4.79 Å². The molecule has 1 heterocycles. The summed E-state index contributed by atoms with van der Waals surface area (Å²) in [5, 5.41) is 8.70. The zero-order valence-corrected chi connectivity index (χ0v) is 15.4. The third-order valence-corrected chi connectivity index (χ3v) is 5.17. The van der Waals surface area contributed by atoms with Gasteiger partial charge in [0, 0.05) is 33.4 Å². The smallest absolute Gasteiger partial charge is 0.246 e. The first-order chi connectivity index (χ1) is 11.0. The van der Waals surface area contributed by atoms with Crippen LogP contribution in [0.1, 0.15) is 18.2 Å². The van der Waals surface area contributed by atoms with Gasteiger partial charge in [-0.05, 0) is 42.8 Å². The van der Waals surface area contributed by atoms with Gasteiger partial charge in [0.2, 0.25) is 5.91 Å². The molecular weight excluding hydrogens is 372 g/mol. The first-order valence-electron chi connectivity index (χ1n) is 7.19. The fraction of sp³-hybridized carbons (Fsp3) is 0.222. The monoisotopic (exact) mass is 388 g/mol. The van der Waals surface area contributed by atoms with E-state index < -0.39 is 0 Å². The van der Waals surface area contributed by atoms with Crippen molar-refractivity contribution >= 4 is 39.2 Å². The summed E-state index contributed by atoms with van der Waals surface area (Å²) in [5.74, 6) is -0.0914. The summed E-state index contributed by atoms with van der Waals surface area (Å²) >= 11 is 5.07. The lowest BCUT2D eigenvalue weighted by molar-refractivity contribution is -0.126. The Kier molecular flexibility index (Phi) is 6.14. The quantitative estimate of drug-likeness (QED) is 0.679. The fourth-order valence-corrected chi connectivity index (χ4v) is 3.15. The summed E-state index contributed by atoms with van der Waals surface area (Å²) in [6, 6.07) is 14.2. The number of carbonyl (C=O) groups excluding carboxylic acids is 1. The van der Waals surface area contributed by atoms with Crippen LogP contribution < -0.4 is 0 Å². The Morgan fingerprint density at radius 2 is 2.04 bits per heavy atom. The Morgan fingerprint density at radius 1 is 1.35 bits per heavy atom. The van der Waals surface area contributed by atoms with E-state index in [0.29, 0.717) is 6.42 Å². The number of amides is 1. The van der Waals surface area contributed by atoms with Crippen LogP contribution in [0.3, 0.4) is 0 Å². The van der Waals surface area contributed by atoms with Crippen molar-refractivity contribution in [2.75, 3.05) is 7.05 Å². The molecule has 0 fully saturated rings. The predicted molar refractivity (Wildman–Crippen MR) is 99.0 cm³/mol. The minimum Gasteiger partial charge on any atom is -0.338 e. The number of carbonyl (C=O) groups is 1. The molecule has 3 nitrogen and oxygen atoms in total. The van der Waals surface area contributed by atoms with Crippen molar-refractivity contribution in [3.05, 3.63) is 51.8 Å². The SMILES string of the molecule is CC(CC#N)N(C)C(=O)/C=C/c1ccc(-c2ccc(Br)cc2)s1. The van der Waals surface area contributed by atoms with E-state index in [0.717, 1.165) is 19.8 Å². The molecule has 0 bridgehead atoms. The zero-order valence-electron chi connectivity index (χ0n) is 13.0. The molecule has 0 N–H and O–H groups in total. The normalized spacial score (nSPS) is 12.1. The second-order valence-electron chi connectivity index (χ2n) is 5.20. The Hall–Kier alpha value is -1.90. The van der Waals surface area contributed by atoms with Gasteiger partial charge < -0.3 is 4.90 Å². The molecule has 1 amide bonds. The van der Waals surface area contributed by atoms with Crippen LogP contribution >= 0.6 is 27.3 Å². The van der Waals surface area contributed by atoms with E-state index in [4.69, 9.17) is 5.26 Å². The molecule has 2 rings (SSSR count). The van der Waals surface area contributed by atoms with Gasteiger partial charge in [-0.15, -0.1) is 11.3 Å². The molecule has 0 aliphatic rings. The molecule has 1 aromatic carbocycles. The lowest BCUT2D eigenvalue weighted by Crippen LogP contribution is -2.33. The highest BCUT2D eigenvalue weighted by molar-refractivity contribution is 9.10. The summed E-state index contributed by atoms with van der Waals surface area (Å²) < 4.78 is 1.05. The summed E-state index contributed by atoms with van der Waals surface area (Å²) in [6.07, 6.45) is 3.72. The van der Waals surface area contributed by atoms with E-state index in [9.17, 15) is 4.79 Å². The lowest BCUT2D eigenvalue weighted by Gasteiger charge is -2.21. The van der Waals surface area contributed by atoms with Gasteiger partial charge in [-0.25, -0.2) is 0 Å². The molecule has 5 heteroatoms. The topological polar surface area (TPSA) is 44.1 Å². The zero-order chi connectivity index (χ0) is 16.8. The largest absolute Gasteiger partial charge is 0.338 e. The van der Waals surface area contributed by atoms with E-state index in [-0.39, 0.29) is 11.9 Å². The van der Waals surface area contributed by atoms with E-state index in [1.165, 1.54) is 0 Å². The summed E-state index contributed by atoms with van der Waals surface area (Å²) in [6.45, 7) is 1.87. The molecule has 0 spiro atoms. The van der Waals surface area contributed by atoms with Crippen LogP contribution in [-0.2, 0) is 4.79 Å². The minimum absolute atomic E-state index is 0.0844. The van der Waals surface area contributed by atoms with Crippen LogP contribution in [0.25, 0.3) is 16.5 Å². The second-order valence-corrected chi connectivity index (χ2v) is 7.23. The van der Waals surface area contributed by atoms with Crippen LogP contribution in [0, 0.1) is 11.3 Å². The van der Waals surface area contributed by atoms with Gasteiger partial charge in [0.25, 0.3) is 0 Å². The molecule has 2 aromatic rings. The number of likely N-dealkylation sites (N-methyl/N-ethyl adjacent to an activating group) is 1. The van der Waals surface area contributed by atoms with Crippen LogP contribution in [0.4, 0.5) is 0 Å². The van der Waals surface area contributed by atoms with Crippen molar-refractivity contribution in [2.45, 2.75) is 19.4 Å². The van der Waals surface area contributed by atoms with Crippen molar-refractivity contribution in [1.29, 1.82) is 5.26 Å². The van der Waals surface area contributed by atoms with Crippen molar-refractivity contribution in [1.82, 2.24) is 4.90 Å².